The molecule has 6 heteroatoms. The minimum atomic E-state index is -3.22. The van der Waals surface area contributed by atoms with Crippen LogP contribution < -0.4 is 4.74 Å². The van der Waals surface area contributed by atoms with Gasteiger partial charge < -0.3 is 9.84 Å². The Morgan fingerprint density at radius 1 is 1.10 bits per heavy atom. The number of benzene rings is 2. The summed E-state index contributed by atoms with van der Waals surface area (Å²) in [4.78, 5) is 0.234. The molecule has 0 radical (unpaired) electrons. The van der Waals surface area contributed by atoms with Crippen LogP contribution in [0, 0.1) is 0 Å². The van der Waals surface area contributed by atoms with E-state index in [9.17, 15) is 13.5 Å². The highest BCUT2D eigenvalue weighted by atomic mass is 35.5. The average Bonchev–Trinajstić information content (AvgIpc) is 2.38. The van der Waals surface area contributed by atoms with Crippen molar-refractivity contribution in [2.24, 2.45) is 0 Å². The zero-order chi connectivity index (χ0) is 15.6. The van der Waals surface area contributed by atoms with Crippen LogP contribution in [-0.4, -0.2) is 19.8 Å². The average molecular weight is 327 g/mol. The third-order valence-corrected chi connectivity index (χ3v) is 4.37. The number of hydrogen-bond donors (Lipinski definition) is 1. The van der Waals surface area contributed by atoms with Crippen molar-refractivity contribution in [1.82, 2.24) is 0 Å². The first-order chi connectivity index (χ1) is 9.77. The van der Waals surface area contributed by atoms with Crippen molar-refractivity contribution >= 4 is 21.4 Å². The Kier molecular flexibility index (Phi) is 4.56. The summed E-state index contributed by atoms with van der Waals surface area (Å²) in [5, 5.41) is 9.92. The standard InChI is InChI=1S/C15H15ClO4S/c1-10(17)14-8-5-12(9-15(14)16)20-11-3-6-13(7-4-11)21(2,18)19/h3-10,17H,1-2H3. The second-order valence-electron chi connectivity index (χ2n) is 4.70. The van der Waals surface area contributed by atoms with Crippen LogP contribution >= 0.6 is 11.6 Å². The minimum absolute atomic E-state index is 0.234. The molecule has 0 saturated carbocycles. The molecule has 21 heavy (non-hydrogen) atoms. The Hall–Kier alpha value is -1.56. The summed E-state index contributed by atoms with van der Waals surface area (Å²) in [5.41, 5.74) is 0.622. The molecule has 1 N–H and O–H groups in total. The van der Waals surface area contributed by atoms with E-state index in [0.717, 1.165) is 6.26 Å². The van der Waals surface area contributed by atoms with Crippen LogP contribution in [0.4, 0.5) is 0 Å². The van der Waals surface area contributed by atoms with Gasteiger partial charge in [0.15, 0.2) is 9.84 Å². The molecule has 0 aliphatic rings. The first kappa shape index (κ1) is 15.8. The lowest BCUT2D eigenvalue weighted by atomic mass is 10.1. The van der Waals surface area contributed by atoms with Gasteiger partial charge in [-0.25, -0.2) is 8.42 Å². The molecule has 0 aliphatic carbocycles. The molecule has 0 aromatic heterocycles. The van der Waals surface area contributed by atoms with Crippen molar-refractivity contribution < 1.29 is 18.3 Å². The highest BCUT2D eigenvalue weighted by Crippen LogP contribution is 2.30. The number of halogens is 1. The topological polar surface area (TPSA) is 63.6 Å². The summed E-state index contributed by atoms with van der Waals surface area (Å²) in [6, 6.07) is 11.1. The monoisotopic (exact) mass is 326 g/mol. The summed E-state index contributed by atoms with van der Waals surface area (Å²) in [6.45, 7) is 1.63. The SMILES string of the molecule is CC(O)c1ccc(Oc2ccc(S(C)(=O)=O)cc2)cc1Cl. The van der Waals surface area contributed by atoms with Crippen LogP contribution in [0.5, 0.6) is 11.5 Å². The van der Waals surface area contributed by atoms with E-state index in [1.165, 1.54) is 12.1 Å². The van der Waals surface area contributed by atoms with Crippen molar-refractivity contribution in [2.75, 3.05) is 6.26 Å². The molecule has 4 nitrogen and oxygen atoms in total. The molecule has 2 aromatic carbocycles. The van der Waals surface area contributed by atoms with Gasteiger partial charge in [-0.3, -0.25) is 0 Å². The normalized spacial score (nSPS) is 13.0. The van der Waals surface area contributed by atoms with Crippen molar-refractivity contribution in [3.8, 4) is 11.5 Å². The zero-order valence-electron chi connectivity index (χ0n) is 11.6. The van der Waals surface area contributed by atoms with Gasteiger partial charge in [-0.2, -0.15) is 0 Å². The molecular formula is C15H15ClO4S. The first-order valence-corrected chi connectivity index (χ1v) is 8.50. The van der Waals surface area contributed by atoms with Crippen molar-refractivity contribution in [3.63, 3.8) is 0 Å². The number of aliphatic hydroxyl groups is 1. The van der Waals surface area contributed by atoms with Crippen LogP contribution in [0.25, 0.3) is 0 Å². The number of sulfone groups is 1. The van der Waals surface area contributed by atoms with Gasteiger partial charge in [-0.15, -0.1) is 0 Å². The van der Waals surface area contributed by atoms with E-state index < -0.39 is 15.9 Å². The molecule has 0 saturated heterocycles. The van der Waals surface area contributed by atoms with E-state index in [-0.39, 0.29) is 4.90 Å². The van der Waals surface area contributed by atoms with Gasteiger partial charge >= 0.3 is 0 Å². The Labute approximate surface area is 128 Å². The van der Waals surface area contributed by atoms with Crippen molar-refractivity contribution in [2.45, 2.75) is 17.9 Å². The highest BCUT2D eigenvalue weighted by Gasteiger charge is 2.09. The fourth-order valence-corrected chi connectivity index (χ4v) is 2.76. The zero-order valence-corrected chi connectivity index (χ0v) is 13.1. The van der Waals surface area contributed by atoms with Crippen LogP contribution in [0.2, 0.25) is 5.02 Å². The molecule has 0 heterocycles. The molecule has 0 spiro atoms. The van der Waals surface area contributed by atoms with Crippen LogP contribution in [0.3, 0.4) is 0 Å². The van der Waals surface area contributed by atoms with Crippen LogP contribution in [0.15, 0.2) is 47.4 Å². The smallest absolute Gasteiger partial charge is 0.175 e. The minimum Gasteiger partial charge on any atom is -0.457 e. The lowest BCUT2D eigenvalue weighted by molar-refractivity contribution is 0.199. The summed E-state index contributed by atoms with van der Waals surface area (Å²) in [7, 11) is -3.22. The second kappa shape index (κ2) is 6.05. The number of aliphatic hydroxyl groups excluding tert-OH is 1. The van der Waals surface area contributed by atoms with Crippen molar-refractivity contribution in [1.29, 1.82) is 0 Å². The van der Waals surface area contributed by atoms with Gasteiger partial charge in [0.25, 0.3) is 0 Å². The molecule has 112 valence electrons. The summed E-state index contributed by atoms with van der Waals surface area (Å²) >= 11 is 6.06. The van der Waals surface area contributed by atoms with Gasteiger partial charge in [0, 0.05) is 6.26 Å². The second-order valence-corrected chi connectivity index (χ2v) is 7.13. The first-order valence-electron chi connectivity index (χ1n) is 6.23. The van der Waals surface area contributed by atoms with E-state index >= 15 is 0 Å². The maximum atomic E-state index is 11.4. The molecule has 0 fully saturated rings. The van der Waals surface area contributed by atoms with Gasteiger partial charge in [-0.05, 0) is 48.9 Å². The maximum Gasteiger partial charge on any atom is 0.175 e. The van der Waals surface area contributed by atoms with Gasteiger partial charge in [0.05, 0.1) is 16.0 Å². The molecule has 2 aromatic rings. The molecule has 0 amide bonds. The van der Waals surface area contributed by atoms with Crippen molar-refractivity contribution in [3.05, 3.63) is 53.1 Å². The van der Waals surface area contributed by atoms with Crippen LogP contribution in [-0.2, 0) is 9.84 Å². The largest absolute Gasteiger partial charge is 0.457 e. The lowest BCUT2D eigenvalue weighted by Gasteiger charge is -2.10. The summed E-state index contributed by atoms with van der Waals surface area (Å²) < 4.78 is 28.3. The Balaban J connectivity index is 2.21. The highest BCUT2D eigenvalue weighted by molar-refractivity contribution is 7.90. The molecule has 1 unspecified atom stereocenters. The quantitative estimate of drug-likeness (QED) is 0.932. The summed E-state index contributed by atoms with van der Waals surface area (Å²) in [6.07, 6.45) is 0.498. The van der Waals surface area contributed by atoms with Gasteiger partial charge in [0.2, 0.25) is 0 Å². The van der Waals surface area contributed by atoms with Gasteiger partial charge in [-0.1, -0.05) is 17.7 Å². The van der Waals surface area contributed by atoms with E-state index in [1.54, 1.807) is 37.3 Å². The number of hydrogen-bond acceptors (Lipinski definition) is 4. The maximum absolute atomic E-state index is 11.4. The van der Waals surface area contributed by atoms with Gasteiger partial charge in [0.1, 0.15) is 11.5 Å². The third-order valence-electron chi connectivity index (χ3n) is 2.91. The van der Waals surface area contributed by atoms with E-state index in [2.05, 4.69) is 0 Å². The third kappa shape index (κ3) is 3.97. The lowest BCUT2D eigenvalue weighted by Crippen LogP contribution is -1.96. The van der Waals surface area contributed by atoms with E-state index in [0.29, 0.717) is 22.1 Å². The molecule has 1 atom stereocenters. The molecule has 0 aliphatic heterocycles. The molecule has 0 bridgehead atoms. The molecular weight excluding hydrogens is 312 g/mol. The fourth-order valence-electron chi connectivity index (χ4n) is 1.80. The number of rotatable bonds is 4. The predicted molar refractivity (Wildman–Crippen MR) is 81.7 cm³/mol. The summed E-state index contributed by atoms with van der Waals surface area (Å²) in [5.74, 6) is 1.01. The Morgan fingerprint density at radius 3 is 2.14 bits per heavy atom. The predicted octanol–water partition coefficient (Wildman–Crippen LogP) is 3.59. The van der Waals surface area contributed by atoms with Crippen LogP contribution in [0.1, 0.15) is 18.6 Å². The number of ether oxygens (including phenoxy) is 1. The van der Waals surface area contributed by atoms with E-state index in [4.69, 9.17) is 16.3 Å². The Morgan fingerprint density at radius 2 is 1.67 bits per heavy atom. The fraction of sp³-hybridized carbons (Fsp3) is 0.200. The Bertz CT molecular complexity index is 737. The van der Waals surface area contributed by atoms with E-state index in [1.807, 2.05) is 0 Å². The molecule has 2 rings (SSSR count).